The summed E-state index contributed by atoms with van der Waals surface area (Å²) in [5.74, 6) is -0.603. The highest BCUT2D eigenvalue weighted by molar-refractivity contribution is 7.89. The van der Waals surface area contributed by atoms with Crippen LogP contribution in [0, 0.1) is 5.92 Å². The molecule has 11 heteroatoms. The highest BCUT2D eigenvalue weighted by atomic mass is 32.2. The normalized spacial score (nSPS) is 14.9. The van der Waals surface area contributed by atoms with Gasteiger partial charge in [0.2, 0.25) is 21.8 Å². The number of sulfonamides is 1. The predicted octanol–water partition coefficient (Wildman–Crippen LogP) is 1.15. The molecule has 33 heavy (non-hydrogen) atoms. The summed E-state index contributed by atoms with van der Waals surface area (Å²) in [6.07, 6.45) is 5.44. The van der Waals surface area contributed by atoms with E-state index in [1.165, 1.54) is 22.6 Å². The summed E-state index contributed by atoms with van der Waals surface area (Å²) in [5, 5.41) is 2.85. The van der Waals surface area contributed by atoms with Crippen molar-refractivity contribution in [2.75, 3.05) is 31.5 Å². The fourth-order valence-corrected chi connectivity index (χ4v) is 5.29. The number of nitrogens with one attached hydrogen (secondary N) is 1. The minimum atomic E-state index is -3.74. The summed E-state index contributed by atoms with van der Waals surface area (Å²) in [6.45, 7) is 4.61. The fraction of sp³-hybridized carbons (Fsp3) is 0.455. The lowest BCUT2D eigenvalue weighted by atomic mass is 9.95. The molecule has 3 rings (SSSR count). The number of pyridine rings is 2. The molecule has 0 spiro atoms. The van der Waals surface area contributed by atoms with Gasteiger partial charge >= 0.3 is 0 Å². The molecule has 0 bridgehead atoms. The molecule has 3 heterocycles. The predicted molar refractivity (Wildman–Crippen MR) is 123 cm³/mol. The van der Waals surface area contributed by atoms with E-state index < -0.39 is 15.6 Å². The summed E-state index contributed by atoms with van der Waals surface area (Å²) >= 11 is 0. The third-order valence-corrected chi connectivity index (χ3v) is 7.80. The largest absolute Gasteiger partial charge is 0.341 e. The van der Waals surface area contributed by atoms with E-state index in [1.54, 1.807) is 43.3 Å². The van der Waals surface area contributed by atoms with Crippen LogP contribution < -0.4 is 10.9 Å². The van der Waals surface area contributed by atoms with Crippen molar-refractivity contribution < 1.29 is 18.0 Å². The van der Waals surface area contributed by atoms with Crippen LogP contribution in [0.2, 0.25) is 0 Å². The molecule has 1 saturated heterocycles. The van der Waals surface area contributed by atoms with E-state index in [9.17, 15) is 22.8 Å². The van der Waals surface area contributed by atoms with Gasteiger partial charge in [0.15, 0.2) is 0 Å². The molecule has 2 aromatic heterocycles. The lowest BCUT2D eigenvalue weighted by Crippen LogP contribution is -2.43. The van der Waals surface area contributed by atoms with Gasteiger partial charge in [-0.15, -0.1) is 0 Å². The van der Waals surface area contributed by atoms with Crippen LogP contribution in [0.15, 0.2) is 52.5 Å². The number of piperidine rings is 1. The first-order valence-corrected chi connectivity index (χ1v) is 12.4. The highest BCUT2D eigenvalue weighted by Crippen LogP contribution is 2.20. The smallest absolute Gasteiger partial charge is 0.251 e. The molecular formula is C22H29N5O5S. The molecular weight excluding hydrogens is 446 g/mol. The maximum atomic E-state index is 12.8. The number of amides is 2. The van der Waals surface area contributed by atoms with Crippen molar-refractivity contribution in [3.05, 3.63) is 53.2 Å². The Morgan fingerprint density at radius 1 is 1.09 bits per heavy atom. The van der Waals surface area contributed by atoms with Gasteiger partial charge in [-0.2, -0.15) is 4.31 Å². The molecule has 2 amide bonds. The zero-order chi connectivity index (χ0) is 24.0. The number of anilines is 1. The second kappa shape index (κ2) is 10.7. The van der Waals surface area contributed by atoms with Crippen LogP contribution in [0.3, 0.4) is 0 Å². The summed E-state index contributed by atoms with van der Waals surface area (Å²) in [5.41, 5.74) is 0.223. The topological polar surface area (TPSA) is 122 Å². The number of carbonyl (C=O) groups excluding carboxylic acids is 2. The van der Waals surface area contributed by atoms with E-state index in [0.717, 1.165) is 4.57 Å². The van der Waals surface area contributed by atoms with Crippen molar-refractivity contribution in [3.63, 3.8) is 0 Å². The Morgan fingerprint density at radius 3 is 2.33 bits per heavy atom. The van der Waals surface area contributed by atoms with E-state index in [-0.39, 0.29) is 29.2 Å². The van der Waals surface area contributed by atoms with Crippen molar-refractivity contribution in [1.29, 1.82) is 0 Å². The third kappa shape index (κ3) is 5.85. The van der Waals surface area contributed by atoms with Gasteiger partial charge < -0.3 is 14.8 Å². The summed E-state index contributed by atoms with van der Waals surface area (Å²) < 4.78 is 27.9. The molecule has 1 N–H and O–H groups in total. The van der Waals surface area contributed by atoms with Gasteiger partial charge in [0.25, 0.3) is 5.56 Å². The van der Waals surface area contributed by atoms with E-state index in [2.05, 4.69) is 10.3 Å². The Balaban J connectivity index is 1.62. The number of hydrogen-bond acceptors (Lipinski definition) is 6. The standard InChI is InChI=1S/C22H29N5O5S/c1-3-27(4-2)33(31,32)19-5-6-20(28)26(15-19)16-21(29)25-13-9-17(10-14-25)22(30)24-18-7-11-23-12-8-18/h5-8,11-12,15,17H,3-4,9-10,13-14,16H2,1-2H3,(H,23,24,30). The summed E-state index contributed by atoms with van der Waals surface area (Å²) in [4.78, 5) is 43.0. The number of nitrogens with zero attached hydrogens (tertiary/aromatic N) is 4. The average Bonchev–Trinajstić information content (AvgIpc) is 2.81. The Kier molecular flexibility index (Phi) is 7.98. The number of hydrogen-bond donors (Lipinski definition) is 1. The van der Waals surface area contributed by atoms with E-state index >= 15 is 0 Å². The Hall–Kier alpha value is -3.05. The van der Waals surface area contributed by atoms with Crippen molar-refractivity contribution in [3.8, 4) is 0 Å². The maximum Gasteiger partial charge on any atom is 0.251 e. The highest BCUT2D eigenvalue weighted by Gasteiger charge is 2.28. The lowest BCUT2D eigenvalue weighted by molar-refractivity contribution is -0.135. The Morgan fingerprint density at radius 2 is 1.73 bits per heavy atom. The number of rotatable bonds is 8. The van der Waals surface area contributed by atoms with Crippen LogP contribution in [0.1, 0.15) is 26.7 Å². The number of carbonyl (C=O) groups is 2. The van der Waals surface area contributed by atoms with Crippen LogP contribution in [0.4, 0.5) is 5.69 Å². The Labute approximate surface area is 193 Å². The minimum Gasteiger partial charge on any atom is -0.341 e. The van der Waals surface area contributed by atoms with Crippen molar-refractivity contribution in [2.24, 2.45) is 5.92 Å². The monoisotopic (exact) mass is 475 g/mol. The van der Waals surface area contributed by atoms with Gasteiger partial charge in [-0.3, -0.25) is 19.4 Å². The first kappa shape index (κ1) is 24.6. The second-order valence-corrected chi connectivity index (χ2v) is 9.74. The molecule has 0 atom stereocenters. The molecule has 1 aliphatic heterocycles. The number of likely N-dealkylation sites (tertiary alicyclic amines) is 1. The molecule has 1 aliphatic rings. The van der Waals surface area contributed by atoms with Gasteiger partial charge in [-0.25, -0.2) is 8.42 Å². The van der Waals surface area contributed by atoms with Gasteiger partial charge in [0.1, 0.15) is 6.54 Å². The lowest BCUT2D eigenvalue weighted by Gasteiger charge is -2.31. The van der Waals surface area contributed by atoms with Crippen LogP contribution in [0.5, 0.6) is 0 Å². The van der Waals surface area contributed by atoms with Crippen LogP contribution >= 0.6 is 0 Å². The second-order valence-electron chi connectivity index (χ2n) is 7.80. The van der Waals surface area contributed by atoms with Crippen molar-refractivity contribution in [2.45, 2.75) is 38.1 Å². The molecule has 178 valence electrons. The van der Waals surface area contributed by atoms with E-state index in [1.807, 2.05) is 0 Å². The van der Waals surface area contributed by atoms with Gasteiger partial charge in [-0.1, -0.05) is 13.8 Å². The van der Waals surface area contributed by atoms with Gasteiger partial charge in [-0.05, 0) is 31.0 Å². The fourth-order valence-electron chi connectivity index (χ4n) is 3.81. The summed E-state index contributed by atoms with van der Waals surface area (Å²) in [7, 11) is -3.74. The maximum absolute atomic E-state index is 12.8. The average molecular weight is 476 g/mol. The molecule has 0 unspecified atom stereocenters. The van der Waals surface area contributed by atoms with Crippen LogP contribution in [-0.2, 0) is 26.2 Å². The Bertz CT molecular complexity index is 1140. The molecule has 10 nitrogen and oxygen atoms in total. The molecule has 2 aromatic rings. The van der Waals surface area contributed by atoms with Crippen molar-refractivity contribution >= 4 is 27.5 Å². The van der Waals surface area contributed by atoms with Crippen LogP contribution in [0.25, 0.3) is 0 Å². The first-order valence-electron chi connectivity index (χ1n) is 11.0. The molecule has 0 aliphatic carbocycles. The number of aromatic nitrogens is 2. The third-order valence-electron chi connectivity index (χ3n) is 5.77. The zero-order valence-electron chi connectivity index (χ0n) is 18.8. The minimum absolute atomic E-state index is 0.0231. The van der Waals surface area contributed by atoms with Gasteiger partial charge in [0.05, 0.1) is 4.90 Å². The molecule has 0 aromatic carbocycles. The van der Waals surface area contributed by atoms with E-state index in [0.29, 0.717) is 44.7 Å². The van der Waals surface area contributed by atoms with E-state index in [4.69, 9.17) is 0 Å². The van der Waals surface area contributed by atoms with Crippen molar-refractivity contribution in [1.82, 2.24) is 18.8 Å². The first-order chi connectivity index (χ1) is 15.8. The zero-order valence-corrected chi connectivity index (χ0v) is 19.6. The van der Waals surface area contributed by atoms with Gasteiger partial charge in [0, 0.05) is 62.4 Å². The molecule has 0 saturated carbocycles. The summed E-state index contributed by atoms with van der Waals surface area (Å²) in [6, 6.07) is 5.86. The quantitative estimate of drug-likeness (QED) is 0.611. The SMILES string of the molecule is CCN(CC)S(=O)(=O)c1ccc(=O)n(CC(=O)N2CCC(C(=O)Nc3ccncc3)CC2)c1. The molecule has 0 radical (unpaired) electrons. The molecule has 1 fully saturated rings. The van der Waals surface area contributed by atoms with Crippen LogP contribution in [-0.4, -0.2) is 65.2 Å².